The molecule has 22 heteroatoms. The molecule has 2 aliphatic rings. The van der Waals surface area contributed by atoms with E-state index in [1.54, 1.807) is 0 Å². The Bertz CT molecular complexity index is 2430. The molecule has 2 heterocycles. The van der Waals surface area contributed by atoms with E-state index in [4.69, 9.17) is 56.8 Å². The molecule has 72 heavy (non-hydrogen) atoms. The fourth-order valence-corrected chi connectivity index (χ4v) is 6.51. The molecule has 4 aromatic carbocycles. The molecular weight excluding hydrogens is 953 g/mol. The summed E-state index contributed by atoms with van der Waals surface area (Å²) in [6.45, 7) is 5.80. The predicted octanol–water partition coefficient (Wildman–Crippen LogP) is 5.36. The molecule has 0 bridgehead atoms. The van der Waals surface area contributed by atoms with Crippen molar-refractivity contribution in [3.63, 3.8) is 0 Å². The number of carbonyl (C=O) groups excluding carboxylic acids is 8. The molecule has 0 unspecified atom stereocenters. The molecule has 0 saturated carbocycles. The molecule has 0 amide bonds. The Morgan fingerprint density at radius 3 is 1.03 bits per heavy atom. The van der Waals surface area contributed by atoms with Crippen LogP contribution in [0.5, 0.6) is 23.0 Å². The van der Waals surface area contributed by atoms with Gasteiger partial charge >= 0.3 is 48.1 Å². The number of unbranched alkanes of at least 4 members (excludes halogenated alkanes) is 2. The lowest BCUT2D eigenvalue weighted by molar-refractivity contribution is -0.328. The average Bonchev–Trinajstić information content (AvgIpc) is 3.78. The Morgan fingerprint density at radius 2 is 0.722 bits per heavy atom. The van der Waals surface area contributed by atoms with E-state index in [0.717, 1.165) is 12.2 Å². The van der Waals surface area contributed by atoms with Crippen LogP contribution in [0.3, 0.4) is 0 Å². The normalized spacial score (nSPS) is 18.5. The van der Waals surface area contributed by atoms with Crippen LogP contribution in [0.2, 0.25) is 0 Å². The zero-order chi connectivity index (χ0) is 51.7. The van der Waals surface area contributed by atoms with Crippen LogP contribution in [0.1, 0.15) is 67.1 Å². The first-order valence-corrected chi connectivity index (χ1v) is 21.9. The molecule has 378 valence electrons. The third-order valence-electron chi connectivity index (χ3n) is 10.3. The highest BCUT2D eigenvalue weighted by Crippen LogP contribution is 2.46. The van der Waals surface area contributed by atoms with Crippen molar-refractivity contribution in [3.05, 3.63) is 145 Å². The molecular formula is C50H46O22. The summed E-state index contributed by atoms with van der Waals surface area (Å²) in [4.78, 5) is 97.8. The molecule has 0 aliphatic carbocycles. The molecule has 4 atom stereocenters. The monoisotopic (exact) mass is 998 g/mol. The second-order valence-corrected chi connectivity index (χ2v) is 15.2. The van der Waals surface area contributed by atoms with Gasteiger partial charge in [-0.1, -0.05) is 13.2 Å². The summed E-state index contributed by atoms with van der Waals surface area (Å²) in [6.07, 6.45) is -1.29. The van der Waals surface area contributed by atoms with Crippen molar-refractivity contribution in [1.82, 2.24) is 0 Å². The van der Waals surface area contributed by atoms with Gasteiger partial charge in [0.05, 0.1) is 61.9 Å². The highest BCUT2D eigenvalue weighted by atomic mass is 16.8. The summed E-state index contributed by atoms with van der Waals surface area (Å²) in [7, 11) is 0. The lowest BCUT2D eigenvalue weighted by Crippen LogP contribution is -2.59. The van der Waals surface area contributed by atoms with Crippen molar-refractivity contribution in [3.8, 4) is 23.0 Å². The number of esters is 6. The highest BCUT2D eigenvalue weighted by molar-refractivity contribution is 5.93. The quantitative estimate of drug-likeness (QED) is 0.0250. The van der Waals surface area contributed by atoms with Crippen molar-refractivity contribution in [1.29, 1.82) is 0 Å². The molecule has 0 spiro atoms. The average molecular weight is 999 g/mol. The van der Waals surface area contributed by atoms with E-state index in [9.17, 15) is 48.6 Å². The lowest BCUT2D eigenvalue weighted by Gasteiger charge is -2.32. The summed E-state index contributed by atoms with van der Waals surface area (Å²) in [5.41, 5.74) is 0.0982. The van der Waals surface area contributed by atoms with Crippen molar-refractivity contribution < 1.29 is 105 Å². The Morgan fingerprint density at radius 1 is 0.444 bits per heavy atom. The second kappa shape index (κ2) is 24.9. The predicted molar refractivity (Wildman–Crippen MR) is 241 cm³/mol. The van der Waals surface area contributed by atoms with E-state index in [1.807, 2.05) is 0 Å². The summed E-state index contributed by atoms with van der Waals surface area (Å²) < 4.78 is 62.2. The maximum Gasteiger partial charge on any atom is 0.513 e. The maximum absolute atomic E-state index is 13.1. The first-order chi connectivity index (χ1) is 34.6. The van der Waals surface area contributed by atoms with Gasteiger partial charge in [-0.2, -0.15) is 0 Å². The standard InChI is InChI=1S/C50H46O22/c1-3-41(51)61-25-5-7-27-63-47(57)69-37-21-13-31(14-22-37)43(53)67-35-17-9-33(10-18-35)45(55)71-39-29-65-50(60)40(30-66-49(39,50)59)72-46(56)34-11-19-36(20-12-34)68-44(54)32-15-23-38(24-16-32)70-48(58)64-28-8-6-26-62-42(52)4-2/h3-4,9-24,39-40,59-60H,1-2,5-8,25-30H2/t39-,40+,49-,50-/m1/s1. The van der Waals surface area contributed by atoms with E-state index in [2.05, 4.69) is 13.2 Å². The molecule has 6 rings (SSSR count). The zero-order valence-electron chi connectivity index (χ0n) is 38.1. The SMILES string of the molecule is C=CC(=O)OCCCCOC(=O)Oc1ccc(C(=O)Oc2ccc(C(=O)O[C@H]3CO[C@]4(O)[C@H](OC(=O)c5ccc(OC(=O)c6ccc(OC(=O)OCCCCOC(=O)C=C)cc6)cc5)CO[C@]34O)cc2)cc1. The van der Waals surface area contributed by atoms with Gasteiger partial charge in [-0.15, -0.1) is 0 Å². The number of fused-ring (bicyclic) bond motifs is 1. The maximum atomic E-state index is 13.1. The molecule has 2 aliphatic heterocycles. The fourth-order valence-electron chi connectivity index (χ4n) is 6.51. The van der Waals surface area contributed by atoms with E-state index >= 15 is 0 Å². The Balaban J connectivity index is 0.911. The molecule has 2 N–H and O–H groups in total. The van der Waals surface area contributed by atoms with Crippen LogP contribution in [0.15, 0.2) is 122 Å². The van der Waals surface area contributed by atoms with E-state index in [0.29, 0.717) is 25.7 Å². The van der Waals surface area contributed by atoms with E-state index < -0.39 is 85.1 Å². The summed E-state index contributed by atoms with van der Waals surface area (Å²) in [6, 6.07) is 21.1. The Hall–Kier alpha value is -8.44. The number of carbonyl (C=O) groups is 8. The first kappa shape index (κ1) is 52.9. The van der Waals surface area contributed by atoms with Crippen LogP contribution in [0.4, 0.5) is 9.59 Å². The lowest BCUT2D eigenvalue weighted by atomic mass is 10.0. The second-order valence-electron chi connectivity index (χ2n) is 15.2. The van der Waals surface area contributed by atoms with Gasteiger partial charge in [0.25, 0.3) is 11.6 Å². The van der Waals surface area contributed by atoms with Crippen LogP contribution in [0.25, 0.3) is 0 Å². The molecule has 22 nitrogen and oxygen atoms in total. The van der Waals surface area contributed by atoms with Gasteiger partial charge in [-0.05, 0) is 123 Å². The topological polar surface area (TPSA) is 288 Å². The van der Waals surface area contributed by atoms with E-state index in [1.165, 1.54) is 97.1 Å². The number of rotatable bonds is 22. The van der Waals surface area contributed by atoms with Crippen LogP contribution < -0.4 is 18.9 Å². The van der Waals surface area contributed by atoms with Crippen molar-refractivity contribution in [2.24, 2.45) is 0 Å². The smallest absolute Gasteiger partial charge is 0.463 e. The molecule has 4 aromatic rings. The Kier molecular flexibility index (Phi) is 18.3. The van der Waals surface area contributed by atoms with Crippen LogP contribution in [-0.2, 0) is 47.5 Å². The van der Waals surface area contributed by atoms with Crippen LogP contribution in [0, 0.1) is 0 Å². The third-order valence-corrected chi connectivity index (χ3v) is 10.3. The van der Waals surface area contributed by atoms with Crippen LogP contribution >= 0.6 is 0 Å². The number of hydrogen-bond donors (Lipinski definition) is 2. The van der Waals surface area contributed by atoms with Gasteiger partial charge in [0.1, 0.15) is 23.0 Å². The summed E-state index contributed by atoms with van der Waals surface area (Å²) in [5, 5.41) is 22.8. The largest absolute Gasteiger partial charge is 0.513 e. The number of hydrogen-bond acceptors (Lipinski definition) is 22. The van der Waals surface area contributed by atoms with Gasteiger partial charge in [0.2, 0.25) is 0 Å². The summed E-state index contributed by atoms with van der Waals surface area (Å²) >= 11 is 0. The van der Waals surface area contributed by atoms with Gasteiger partial charge in [0.15, 0.2) is 12.2 Å². The zero-order valence-corrected chi connectivity index (χ0v) is 38.1. The summed E-state index contributed by atoms with van der Waals surface area (Å²) in [5.74, 6) is -9.66. The number of aliphatic hydroxyl groups is 2. The van der Waals surface area contributed by atoms with Crippen molar-refractivity contribution >= 4 is 48.1 Å². The third kappa shape index (κ3) is 14.1. The Labute approximate surface area is 409 Å². The van der Waals surface area contributed by atoms with Gasteiger partial charge < -0.3 is 67.1 Å². The fraction of sp³-hybridized carbons (Fsp3) is 0.280. The van der Waals surface area contributed by atoms with Crippen molar-refractivity contribution in [2.75, 3.05) is 39.6 Å². The molecule has 2 fully saturated rings. The number of ether oxygens (including phenoxy) is 12. The minimum Gasteiger partial charge on any atom is -0.463 e. The van der Waals surface area contributed by atoms with Crippen LogP contribution in [-0.4, -0.2) is 122 Å². The highest BCUT2D eigenvalue weighted by Gasteiger charge is 2.73. The van der Waals surface area contributed by atoms with Gasteiger partial charge in [-0.25, -0.2) is 38.4 Å². The first-order valence-electron chi connectivity index (χ1n) is 21.9. The van der Waals surface area contributed by atoms with E-state index in [-0.39, 0.29) is 71.7 Å². The molecule has 0 aromatic heterocycles. The van der Waals surface area contributed by atoms with Crippen molar-refractivity contribution in [2.45, 2.75) is 49.5 Å². The van der Waals surface area contributed by atoms with Gasteiger partial charge in [-0.3, -0.25) is 0 Å². The number of benzene rings is 4. The minimum absolute atomic E-state index is 0.0254. The molecule has 0 radical (unpaired) electrons. The van der Waals surface area contributed by atoms with Gasteiger partial charge in [0, 0.05) is 12.2 Å². The minimum atomic E-state index is -2.66. The molecule has 2 saturated heterocycles.